The van der Waals surface area contributed by atoms with Crippen molar-refractivity contribution in [1.29, 1.82) is 0 Å². The van der Waals surface area contributed by atoms with E-state index >= 15 is 0 Å². The fourth-order valence-corrected chi connectivity index (χ4v) is 2.63. The van der Waals surface area contributed by atoms with Crippen molar-refractivity contribution >= 4 is 23.6 Å². The minimum Gasteiger partial charge on any atom is -0.480 e. The molecule has 1 aromatic rings. The quantitative estimate of drug-likeness (QED) is 0.816. The molecule has 86 valence electrons. The van der Waals surface area contributed by atoms with E-state index < -0.39 is 17.9 Å². The molecule has 2 rings (SSSR count). The summed E-state index contributed by atoms with van der Waals surface area (Å²) in [6.07, 6.45) is 1.18. The summed E-state index contributed by atoms with van der Waals surface area (Å²) < 4.78 is 4.96. The number of aryl methyl sites for hydroxylation is 1. The van der Waals surface area contributed by atoms with E-state index in [-0.39, 0.29) is 5.76 Å². The van der Waals surface area contributed by atoms with Gasteiger partial charge in [-0.15, -0.1) is 11.8 Å². The molecule has 0 radical (unpaired) electrons. The van der Waals surface area contributed by atoms with E-state index in [2.05, 4.69) is 4.98 Å². The number of aromatic nitrogens is 1. The normalized spacial score (nSPS) is 20.1. The summed E-state index contributed by atoms with van der Waals surface area (Å²) in [4.78, 5) is 28.0. The molecule has 0 aromatic carbocycles. The fraction of sp³-hybridized carbons (Fsp3) is 0.444. The first-order chi connectivity index (χ1) is 7.61. The maximum atomic E-state index is 12.0. The van der Waals surface area contributed by atoms with Crippen LogP contribution in [0.4, 0.5) is 0 Å². The number of aliphatic carboxylic acids is 1. The van der Waals surface area contributed by atoms with Crippen molar-refractivity contribution in [3.8, 4) is 0 Å². The molecule has 1 N–H and O–H groups in total. The Morgan fingerprint density at radius 1 is 1.69 bits per heavy atom. The zero-order valence-corrected chi connectivity index (χ0v) is 9.36. The first-order valence-corrected chi connectivity index (χ1v) is 5.78. The smallest absolute Gasteiger partial charge is 0.327 e. The second kappa shape index (κ2) is 4.17. The number of carboxylic acid groups (broad SMARTS) is 1. The van der Waals surface area contributed by atoms with Gasteiger partial charge < -0.3 is 14.4 Å². The monoisotopic (exact) mass is 242 g/mol. The Morgan fingerprint density at radius 2 is 2.44 bits per heavy atom. The number of thioether (sulfide) groups is 1. The first-order valence-electron chi connectivity index (χ1n) is 4.63. The summed E-state index contributed by atoms with van der Waals surface area (Å²) >= 11 is 1.41. The lowest BCUT2D eigenvalue weighted by atomic mass is 10.2. The molecule has 1 aliphatic heterocycles. The highest BCUT2D eigenvalue weighted by Crippen LogP contribution is 2.23. The van der Waals surface area contributed by atoms with E-state index in [1.165, 1.54) is 23.1 Å². The molecule has 2 heterocycles. The maximum absolute atomic E-state index is 12.0. The van der Waals surface area contributed by atoms with Crippen molar-refractivity contribution in [2.75, 3.05) is 11.6 Å². The van der Waals surface area contributed by atoms with Gasteiger partial charge in [-0.2, -0.15) is 0 Å². The Kier molecular flexibility index (Phi) is 2.86. The zero-order valence-electron chi connectivity index (χ0n) is 8.54. The number of carboxylic acids is 1. The molecule has 6 nitrogen and oxygen atoms in total. The van der Waals surface area contributed by atoms with Crippen LogP contribution in [0.5, 0.6) is 0 Å². The van der Waals surface area contributed by atoms with Crippen LogP contribution in [0.1, 0.15) is 16.2 Å². The maximum Gasteiger partial charge on any atom is 0.327 e. The Labute approximate surface area is 95.6 Å². The van der Waals surface area contributed by atoms with Crippen LogP contribution in [-0.4, -0.2) is 44.5 Å². The van der Waals surface area contributed by atoms with Gasteiger partial charge in [0, 0.05) is 5.75 Å². The molecule has 1 fully saturated rings. The molecule has 0 aliphatic carbocycles. The molecule has 0 bridgehead atoms. The Morgan fingerprint density at radius 3 is 3.00 bits per heavy atom. The van der Waals surface area contributed by atoms with Gasteiger partial charge in [0.25, 0.3) is 5.91 Å². The summed E-state index contributed by atoms with van der Waals surface area (Å²) in [5.41, 5.74) is 0.478. The zero-order chi connectivity index (χ0) is 11.7. The second-order valence-corrected chi connectivity index (χ2v) is 4.40. The number of hydrogen-bond acceptors (Lipinski definition) is 5. The van der Waals surface area contributed by atoms with Crippen molar-refractivity contribution in [3.63, 3.8) is 0 Å². The molecule has 1 atom stereocenters. The van der Waals surface area contributed by atoms with Gasteiger partial charge >= 0.3 is 5.97 Å². The second-order valence-electron chi connectivity index (χ2n) is 3.40. The van der Waals surface area contributed by atoms with Crippen LogP contribution < -0.4 is 0 Å². The van der Waals surface area contributed by atoms with Crippen LogP contribution in [0.25, 0.3) is 0 Å². The first kappa shape index (κ1) is 11.0. The van der Waals surface area contributed by atoms with Crippen molar-refractivity contribution in [2.24, 2.45) is 0 Å². The molecule has 1 aromatic heterocycles. The van der Waals surface area contributed by atoms with Crippen LogP contribution in [0.15, 0.2) is 10.8 Å². The molecule has 16 heavy (non-hydrogen) atoms. The number of rotatable bonds is 2. The molecule has 0 unspecified atom stereocenters. The SMILES string of the molecule is Cc1ncoc1C(=O)N1CSC[C@H]1C(=O)O. The molecule has 7 heteroatoms. The molecule has 1 saturated heterocycles. The van der Waals surface area contributed by atoms with Gasteiger partial charge in [-0.05, 0) is 6.92 Å². The van der Waals surface area contributed by atoms with Gasteiger partial charge in [-0.1, -0.05) is 0 Å². The highest BCUT2D eigenvalue weighted by atomic mass is 32.2. The van der Waals surface area contributed by atoms with Crippen molar-refractivity contribution in [1.82, 2.24) is 9.88 Å². The predicted molar refractivity (Wildman–Crippen MR) is 56.2 cm³/mol. The van der Waals surface area contributed by atoms with Gasteiger partial charge in [0.15, 0.2) is 6.39 Å². The molecule has 1 aliphatic rings. The van der Waals surface area contributed by atoms with E-state index in [0.29, 0.717) is 17.3 Å². The van der Waals surface area contributed by atoms with Gasteiger partial charge in [-0.25, -0.2) is 9.78 Å². The number of carbonyl (C=O) groups is 2. The lowest BCUT2D eigenvalue weighted by Crippen LogP contribution is -2.41. The highest BCUT2D eigenvalue weighted by molar-refractivity contribution is 7.99. The van der Waals surface area contributed by atoms with Crippen LogP contribution in [-0.2, 0) is 4.79 Å². The third-order valence-electron chi connectivity index (χ3n) is 2.37. The lowest BCUT2D eigenvalue weighted by Gasteiger charge is -2.18. The van der Waals surface area contributed by atoms with Crippen molar-refractivity contribution in [3.05, 3.63) is 17.8 Å². The van der Waals surface area contributed by atoms with Crippen LogP contribution in [0.2, 0.25) is 0 Å². The van der Waals surface area contributed by atoms with E-state index in [1.54, 1.807) is 6.92 Å². The van der Waals surface area contributed by atoms with E-state index in [1.807, 2.05) is 0 Å². The largest absolute Gasteiger partial charge is 0.480 e. The van der Waals surface area contributed by atoms with E-state index in [4.69, 9.17) is 9.52 Å². The third kappa shape index (κ3) is 1.78. The van der Waals surface area contributed by atoms with Gasteiger partial charge in [0.1, 0.15) is 6.04 Å². The van der Waals surface area contributed by atoms with E-state index in [0.717, 1.165) is 0 Å². The minimum absolute atomic E-state index is 0.119. The molecule has 1 amide bonds. The number of oxazole rings is 1. The van der Waals surface area contributed by atoms with E-state index in [9.17, 15) is 9.59 Å². The summed E-state index contributed by atoms with van der Waals surface area (Å²) in [6.45, 7) is 1.65. The summed E-state index contributed by atoms with van der Waals surface area (Å²) in [5.74, 6) is -0.499. The molecule has 0 spiro atoms. The van der Waals surface area contributed by atoms with Crippen LogP contribution in [0.3, 0.4) is 0 Å². The van der Waals surface area contributed by atoms with Crippen molar-refractivity contribution < 1.29 is 19.1 Å². The van der Waals surface area contributed by atoms with Gasteiger partial charge in [0.05, 0.1) is 11.6 Å². The molecular formula is C9H10N2O4S. The summed E-state index contributed by atoms with van der Waals surface area (Å²) in [5, 5.41) is 8.95. The Hall–Kier alpha value is -1.50. The average molecular weight is 242 g/mol. The summed E-state index contributed by atoms with van der Waals surface area (Å²) in [7, 11) is 0. The number of carbonyl (C=O) groups excluding carboxylic acids is 1. The molecule has 0 saturated carbocycles. The van der Waals surface area contributed by atoms with Crippen LogP contribution in [0, 0.1) is 6.92 Å². The average Bonchev–Trinajstić information content (AvgIpc) is 2.84. The Balaban J connectivity index is 2.22. The predicted octanol–water partition coefficient (Wildman–Crippen LogP) is 0.583. The third-order valence-corrected chi connectivity index (χ3v) is 3.38. The van der Waals surface area contributed by atoms with Crippen LogP contribution >= 0.6 is 11.8 Å². The summed E-state index contributed by atoms with van der Waals surface area (Å²) in [6, 6.07) is -0.776. The topological polar surface area (TPSA) is 83.6 Å². The standard InChI is InChI=1S/C9H10N2O4S/c1-5-7(15-3-10-5)8(12)11-4-16-2-6(11)9(13)14/h3,6H,2,4H2,1H3,(H,13,14)/t6-/m0/s1. The lowest BCUT2D eigenvalue weighted by molar-refractivity contribution is -0.140. The number of hydrogen-bond donors (Lipinski definition) is 1. The number of nitrogens with zero attached hydrogens (tertiary/aromatic N) is 2. The van der Waals surface area contributed by atoms with Gasteiger partial charge in [-0.3, -0.25) is 4.79 Å². The fourth-order valence-electron chi connectivity index (χ4n) is 1.49. The molecular weight excluding hydrogens is 232 g/mol. The highest BCUT2D eigenvalue weighted by Gasteiger charge is 2.36. The minimum atomic E-state index is -0.990. The van der Waals surface area contributed by atoms with Crippen molar-refractivity contribution in [2.45, 2.75) is 13.0 Å². The number of amides is 1. The van der Waals surface area contributed by atoms with Gasteiger partial charge in [0.2, 0.25) is 5.76 Å². The Bertz CT molecular complexity index is 431.